The van der Waals surface area contributed by atoms with Crippen LogP contribution >= 0.6 is 0 Å². The van der Waals surface area contributed by atoms with Crippen LogP contribution in [0.15, 0.2) is 18.2 Å². The van der Waals surface area contributed by atoms with Crippen LogP contribution < -0.4 is 10.5 Å². The minimum Gasteiger partial charge on any atom is -0.329 e. The lowest BCUT2D eigenvalue weighted by Crippen LogP contribution is -2.22. The highest BCUT2D eigenvalue weighted by molar-refractivity contribution is 7.92. The van der Waals surface area contributed by atoms with E-state index in [-0.39, 0.29) is 18.0 Å². The van der Waals surface area contributed by atoms with Crippen molar-refractivity contribution in [2.75, 3.05) is 17.0 Å². The summed E-state index contributed by atoms with van der Waals surface area (Å²) < 4.78 is 37.8. The average Bonchev–Trinajstić information content (AvgIpc) is 2.10. The number of halogens is 1. The van der Waals surface area contributed by atoms with Gasteiger partial charge in [-0.3, -0.25) is 4.72 Å². The van der Waals surface area contributed by atoms with Gasteiger partial charge in [0.2, 0.25) is 10.0 Å². The van der Waals surface area contributed by atoms with Gasteiger partial charge in [-0.25, -0.2) is 12.8 Å². The van der Waals surface area contributed by atoms with Crippen molar-refractivity contribution in [1.82, 2.24) is 0 Å². The van der Waals surface area contributed by atoms with E-state index < -0.39 is 15.8 Å². The Balaban J connectivity index is 2.94. The van der Waals surface area contributed by atoms with Gasteiger partial charge in [0.05, 0.1) is 11.4 Å². The van der Waals surface area contributed by atoms with Gasteiger partial charge in [0.15, 0.2) is 0 Å². The molecule has 0 unspecified atom stereocenters. The molecule has 1 aromatic carbocycles. The molecule has 1 rings (SSSR count). The van der Waals surface area contributed by atoms with Crippen LogP contribution in [0.5, 0.6) is 0 Å². The molecule has 0 heterocycles. The van der Waals surface area contributed by atoms with Crippen molar-refractivity contribution in [2.45, 2.75) is 6.92 Å². The van der Waals surface area contributed by atoms with Crippen LogP contribution in [0.1, 0.15) is 5.56 Å². The first-order chi connectivity index (χ1) is 6.94. The molecule has 0 fully saturated rings. The molecule has 0 aliphatic carbocycles. The summed E-state index contributed by atoms with van der Waals surface area (Å²) in [5.41, 5.74) is 6.06. The normalized spacial score (nSPS) is 11.4. The summed E-state index contributed by atoms with van der Waals surface area (Å²) in [7, 11) is -3.47. The largest absolute Gasteiger partial charge is 0.329 e. The Kier molecular flexibility index (Phi) is 3.65. The lowest BCUT2D eigenvalue weighted by atomic mass is 10.2. The Hall–Kier alpha value is -1.14. The van der Waals surface area contributed by atoms with Gasteiger partial charge < -0.3 is 5.73 Å². The highest BCUT2D eigenvalue weighted by atomic mass is 32.2. The van der Waals surface area contributed by atoms with Crippen LogP contribution in [0.4, 0.5) is 10.1 Å². The average molecular weight is 232 g/mol. The van der Waals surface area contributed by atoms with E-state index in [4.69, 9.17) is 5.73 Å². The number of benzene rings is 1. The molecule has 0 amide bonds. The van der Waals surface area contributed by atoms with Gasteiger partial charge in [-0.15, -0.1) is 0 Å². The van der Waals surface area contributed by atoms with E-state index in [0.29, 0.717) is 5.56 Å². The highest BCUT2D eigenvalue weighted by Crippen LogP contribution is 2.17. The standard InChI is InChI=1S/C9H13FN2O2S/c1-7-2-3-8(10)6-9(7)12-15(13,14)5-4-11/h2-3,6,12H,4-5,11H2,1H3. The molecule has 1 aromatic rings. The summed E-state index contributed by atoms with van der Waals surface area (Å²) >= 11 is 0. The number of nitrogens with two attached hydrogens (primary N) is 1. The first kappa shape index (κ1) is 11.9. The molecule has 3 N–H and O–H groups in total. The van der Waals surface area contributed by atoms with Crippen molar-refractivity contribution in [3.63, 3.8) is 0 Å². The molecule has 0 bridgehead atoms. The van der Waals surface area contributed by atoms with Gasteiger partial charge in [-0.2, -0.15) is 0 Å². The zero-order valence-corrected chi connectivity index (χ0v) is 9.14. The van der Waals surface area contributed by atoms with Gasteiger partial charge in [0, 0.05) is 6.54 Å². The molecule has 0 aliphatic heterocycles. The smallest absolute Gasteiger partial charge is 0.233 e. The Morgan fingerprint density at radius 3 is 2.73 bits per heavy atom. The third-order valence-corrected chi connectivity index (χ3v) is 3.16. The molecular formula is C9H13FN2O2S. The Morgan fingerprint density at radius 1 is 1.47 bits per heavy atom. The third kappa shape index (κ3) is 3.49. The van der Waals surface area contributed by atoms with Crippen LogP contribution in [-0.2, 0) is 10.0 Å². The van der Waals surface area contributed by atoms with Crippen LogP contribution in [0.3, 0.4) is 0 Å². The molecule has 0 spiro atoms. The summed E-state index contributed by atoms with van der Waals surface area (Å²) in [6.07, 6.45) is 0. The first-order valence-corrected chi connectivity index (χ1v) is 6.06. The maximum atomic E-state index is 12.8. The zero-order valence-electron chi connectivity index (χ0n) is 8.33. The van der Waals surface area contributed by atoms with Crippen molar-refractivity contribution < 1.29 is 12.8 Å². The SMILES string of the molecule is Cc1ccc(F)cc1NS(=O)(=O)CCN. The zero-order chi connectivity index (χ0) is 11.5. The molecule has 0 radical (unpaired) electrons. The summed E-state index contributed by atoms with van der Waals surface area (Å²) in [4.78, 5) is 0. The number of anilines is 1. The topological polar surface area (TPSA) is 72.2 Å². The monoisotopic (exact) mass is 232 g/mol. The number of sulfonamides is 1. The molecular weight excluding hydrogens is 219 g/mol. The quantitative estimate of drug-likeness (QED) is 0.807. The van der Waals surface area contributed by atoms with Crippen molar-refractivity contribution in [2.24, 2.45) is 5.73 Å². The van der Waals surface area contributed by atoms with E-state index in [1.54, 1.807) is 6.92 Å². The van der Waals surface area contributed by atoms with Gasteiger partial charge in [0.1, 0.15) is 5.82 Å². The second kappa shape index (κ2) is 4.59. The maximum Gasteiger partial charge on any atom is 0.233 e. The Morgan fingerprint density at radius 2 is 2.13 bits per heavy atom. The third-order valence-electron chi connectivity index (χ3n) is 1.85. The molecule has 0 saturated heterocycles. The van der Waals surface area contributed by atoms with E-state index in [9.17, 15) is 12.8 Å². The number of rotatable bonds is 4. The summed E-state index contributed by atoms with van der Waals surface area (Å²) in [6.45, 7) is 1.73. The minimum atomic E-state index is -3.47. The van der Waals surface area contributed by atoms with E-state index in [2.05, 4.69) is 4.72 Å². The van der Waals surface area contributed by atoms with Crippen molar-refractivity contribution >= 4 is 15.7 Å². The predicted octanol–water partition coefficient (Wildman–Crippen LogP) is 0.835. The van der Waals surface area contributed by atoms with Crippen molar-refractivity contribution in [3.8, 4) is 0 Å². The van der Waals surface area contributed by atoms with Crippen LogP contribution in [0, 0.1) is 12.7 Å². The van der Waals surface area contributed by atoms with Gasteiger partial charge in [-0.05, 0) is 24.6 Å². The van der Waals surface area contributed by atoms with Crippen LogP contribution in [-0.4, -0.2) is 20.7 Å². The summed E-state index contributed by atoms with van der Waals surface area (Å²) in [6, 6.07) is 3.93. The number of hydrogen-bond acceptors (Lipinski definition) is 3. The predicted molar refractivity (Wildman–Crippen MR) is 57.6 cm³/mol. The summed E-state index contributed by atoms with van der Waals surface area (Å²) in [5.74, 6) is -0.658. The number of hydrogen-bond donors (Lipinski definition) is 2. The van der Waals surface area contributed by atoms with Crippen LogP contribution in [0.25, 0.3) is 0 Å². The fraction of sp³-hybridized carbons (Fsp3) is 0.333. The van der Waals surface area contributed by atoms with Crippen molar-refractivity contribution in [3.05, 3.63) is 29.6 Å². The van der Waals surface area contributed by atoms with Crippen molar-refractivity contribution in [1.29, 1.82) is 0 Å². The van der Waals surface area contributed by atoms with E-state index in [1.807, 2.05) is 0 Å². The number of nitrogens with one attached hydrogen (secondary N) is 1. The Labute approximate surface area is 88.3 Å². The molecule has 0 aliphatic rings. The van der Waals surface area contributed by atoms with E-state index in [1.165, 1.54) is 12.1 Å². The van der Waals surface area contributed by atoms with E-state index in [0.717, 1.165) is 6.07 Å². The first-order valence-electron chi connectivity index (χ1n) is 4.41. The van der Waals surface area contributed by atoms with Gasteiger partial charge >= 0.3 is 0 Å². The maximum absolute atomic E-state index is 12.8. The minimum absolute atomic E-state index is 0.0314. The lowest BCUT2D eigenvalue weighted by molar-refractivity contribution is 0.601. The van der Waals surface area contributed by atoms with Gasteiger partial charge in [-0.1, -0.05) is 6.07 Å². The second-order valence-electron chi connectivity index (χ2n) is 3.17. The molecule has 0 saturated carbocycles. The number of aryl methyl sites for hydroxylation is 1. The highest BCUT2D eigenvalue weighted by Gasteiger charge is 2.10. The Bertz CT molecular complexity index is 445. The molecule has 84 valence electrons. The fourth-order valence-corrected chi connectivity index (χ4v) is 2.05. The van der Waals surface area contributed by atoms with Gasteiger partial charge in [0.25, 0.3) is 0 Å². The van der Waals surface area contributed by atoms with E-state index >= 15 is 0 Å². The molecule has 0 aromatic heterocycles. The second-order valence-corrected chi connectivity index (χ2v) is 5.01. The van der Waals surface area contributed by atoms with Crippen LogP contribution in [0.2, 0.25) is 0 Å². The summed E-state index contributed by atoms with van der Waals surface area (Å²) in [5, 5.41) is 0. The fourth-order valence-electron chi connectivity index (χ4n) is 1.08. The molecule has 0 atom stereocenters. The molecule has 6 heteroatoms. The lowest BCUT2D eigenvalue weighted by Gasteiger charge is -2.09. The molecule has 15 heavy (non-hydrogen) atoms. The molecule has 4 nitrogen and oxygen atoms in total.